The van der Waals surface area contributed by atoms with Crippen LogP contribution in [0.15, 0.2) is 36.4 Å². The van der Waals surface area contributed by atoms with Crippen molar-refractivity contribution in [2.45, 2.75) is 13.5 Å². The lowest BCUT2D eigenvalue weighted by Crippen LogP contribution is -2.46. The zero-order valence-corrected chi connectivity index (χ0v) is 14.9. The molecule has 3 rings (SSSR count). The van der Waals surface area contributed by atoms with Gasteiger partial charge in [0.25, 0.3) is 5.69 Å². The molecule has 0 radical (unpaired) electrons. The fourth-order valence-electron chi connectivity index (χ4n) is 3.09. The molecule has 2 aromatic rings. The Balaban J connectivity index is 1.69. The van der Waals surface area contributed by atoms with Crippen molar-refractivity contribution in [1.82, 2.24) is 4.90 Å². The highest BCUT2D eigenvalue weighted by atomic mass is 35.5. The highest BCUT2D eigenvalue weighted by molar-refractivity contribution is 6.30. The normalized spacial score (nSPS) is 15.4. The van der Waals surface area contributed by atoms with Crippen LogP contribution in [0, 0.1) is 17.0 Å². The fraction of sp³-hybridized carbons (Fsp3) is 0.333. The molecule has 0 amide bonds. The lowest BCUT2D eigenvalue weighted by molar-refractivity contribution is -0.384. The van der Waals surface area contributed by atoms with E-state index in [1.54, 1.807) is 19.1 Å². The fourth-order valence-corrected chi connectivity index (χ4v) is 3.22. The number of hydrogen-bond acceptors (Lipinski definition) is 5. The third-order valence-corrected chi connectivity index (χ3v) is 4.84. The summed E-state index contributed by atoms with van der Waals surface area (Å²) >= 11 is 5.92. The van der Waals surface area contributed by atoms with E-state index in [1.165, 1.54) is 5.56 Å². The third-order valence-electron chi connectivity index (χ3n) is 4.59. The Morgan fingerprint density at radius 1 is 1.16 bits per heavy atom. The molecule has 6 nitrogen and oxygen atoms in total. The van der Waals surface area contributed by atoms with Crippen LogP contribution < -0.4 is 10.6 Å². The smallest absolute Gasteiger partial charge is 0.292 e. The van der Waals surface area contributed by atoms with Gasteiger partial charge in [-0.15, -0.1) is 0 Å². The Kier molecular flexibility index (Phi) is 5.11. The predicted octanol–water partition coefficient (Wildman–Crippen LogP) is 3.46. The monoisotopic (exact) mass is 360 g/mol. The van der Waals surface area contributed by atoms with Crippen molar-refractivity contribution >= 4 is 28.7 Å². The molecule has 0 bridgehead atoms. The first kappa shape index (κ1) is 17.5. The van der Waals surface area contributed by atoms with Crippen LogP contribution in [0.3, 0.4) is 0 Å². The Hall–Kier alpha value is -2.31. The van der Waals surface area contributed by atoms with E-state index >= 15 is 0 Å². The van der Waals surface area contributed by atoms with Gasteiger partial charge >= 0.3 is 0 Å². The van der Waals surface area contributed by atoms with E-state index in [9.17, 15) is 10.1 Å². The molecule has 7 heteroatoms. The zero-order chi connectivity index (χ0) is 18.0. The Morgan fingerprint density at radius 3 is 2.40 bits per heavy atom. The molecule has 1 fully saturated rings. The van der Waals surface area contributed by atoms with Gasteiger partial charge in [0.05, 0.1) is 4.92 Å². The van der Waals surface area contributed by atoms with Gasteiger partial charge in [-0.3, -0.25) is 15.0 Å². The summed E-state index contributed by atoms with van der Waals surface area (Å²) in [6, 6.07) is 11.1. The predicted molar refractivity (Wildman–Crippen MR) is 101 cm³/mol. The molecule has 2 aromatic carbocycles. The van der Waals surface area contributed by atoms with Crippen LogP contribution in [0.5, 0.6) is 0 Å². The maximum Gasteiger partial charge on any atom is 0.292 e. The number of nitrogens with two attached hydrogens (primary N) is 1. The van der Waals surface area contributed by atoms with Crippen LogP contribution in [0.1, 0.15) is 11.1 Å². The minimum Gasteiger partial charge on any atom is -0.398 e. The van der Waals surface area contributed by atoms with Crippen LogP contribution in [-0.4, -0.2) is 36.0 Å². The quantitative estimate of drug-likeness (QED) is 0.513. The first-order chi connectivity index (χ1) is 11.9. The van der Waals surface area contributed by atoms with E-state index in [0.717, 1.165) is 43.3 Å². The van der Waals surface area contributed by atoms with E-state index in [0.29, 0.717) is 11.4 Å². The van der Waals surface area contributed by atoms with Crippen LogP contribution in [-0.2, 0) is 6.54 Å². The number of nitrogen functional groups attached to an aromatic ring is 1. The summed E-state index contributed by atoms with van der Waals surface area (Å²) in [6.45, 7) is 5.79. The van der Waals surface area contributed by atoms with Gasteiger partial charge < -0.3 is 10.6 Å². The second-order valence-electron chi connectivity index (χ2n) is 6.34. The number of piperazine rings is 1. The summed E-state index contributed by atoms with van der Waals surface area (Å²) < 4.78 is 0. The van der Waals surface area contributed by atoms with E-state index < -0.39 is 0 Å². The van der Waals surface area contributed by atoms with E-state index in [4.69, 9.17) is 17.3 Å². The van der Waals surface area contributed by atoms with Gasteiger partial charge in [0, 0.05) is 49.5 Å². The molecule has 0 spiro atoms. The molecule has 1 aliphatic heterocycles. The maximum atomic E-state index is 11.4. The number of benzene rings is 2. The Morgan fingerprint density at radius 2 is 1.80 bits per heavy atom. The Labute approximate surface area is 151 Å². The van der Waals surface area contributed by atoms with Crippen LogP contribution in [0.4, 0.5) is 17.1 Å². The van der Waals surface area contributed by atoms with E-state index in [1.807, 2.05) is 29.2 Å². The molecule has 0 aliphatic carbocycles. The van der Waals surface area contributed by atoms with Crippen LogP contribution in [0.25, 0.3) is 0 Å². The lowest BCUT2D eigenvalue weighted by atomic mass is 10.1. The van der Waals surface area contributed by atoms with Gasteiger partial charge in [0.2, 0.25) is 0 Å². The van der Waals surface area contributed by atoms with Gasteiger partial charge in [-0.1, -0.05) is 23.7 Å². The van der Waals surface area contributed by atoms with Crippen molar-refractivity contribution in [2.24, 2.45) is 0 Å². The number of aryl methyl sites for hydroxylation is 1. The van der Waals surface area contributed by atoms with Crippen LogP contribution >= 0.6 is 11.6 Å². The molecule has 1 heterocycles. The van der Waals surface area contributed by atoms with Gasteiger partial charge in [-0.2, -0.15) is 0 Å². The van der Waals surface area contributed by atoms with Crippen molar-refractivity contribution in [3.05, 3.63) is 62.7 Å². The number of rotatable bonds is 4. The summed E-state index contributed by atoms with van der Waals surface area (Å²) in [5.41, 5.74) is 9.23. The molecule has 1 aliphatic rings. The molecule has 0 unspecified atom stereocenters. The Bertz CT molecular complexity index is 771. The average Bonchev–Trinajstić information content (AvgIpc) is 2.59. The second kappa shape index (κ2) is 7.29. The second-order valence-corrected chi connectivity index (χ2v) is 6.78. The largest absolute Gasteiger partial charge is 0.398 e. The molecule has 132 valence electrons. The highest BCUT2D eigenvalue weighted by Crippen LogP contribution is 2.33. The zero-order valence-electron chi connectivity index (χ0n) is 14.1. The van der Waals surface area contributed by atoms with Crippen molar-refractivity contribution < 1.29 is 4.92 Å². The minimum atomic E-state index is -0.331. The standard InChI is InChI=1S/C18H21ClN4O2/c1-13-10-18(23(24)25)17(11-16(13)20)22-8-6-21(7-9-22)12-14-2-4-15(19)5-3-14/h2-5,10-11H,6-9,12,20H2,1H3. The maximum absolute atomic E-state index is 11.4. The average molecular weight is 361 g/mol. The third kappa shape index (κ3) is 4.03. The summed E-state index contributed by atoms with van der Waals surface area (Å²) in [5.74, 6) is 0. The van der Waals surface area contributed by atoms with Gasteiger partial charge in [0.15, 0.2) is 0 Å². The van der Waals surface area contributed by atoms with Gasteiger partial charge in [-0.25, -0.2) is 0 Å². The van der Waals surface area contributed by atoms with Crippen molar-refractivity contribution in [2.75, 3.05) is 36.8 Å². The molecule has 25 heavy (non-hydrogen) atoms. The molecular weight excluding hydrogens is 340 g/mol. The number of anilines is 2. The van der Waals surface area contributed by atoms with Crippen molar-refractivity contribution in [3.63, 3.8) is 0 Å². The van der Waals surface area contributed by atoms with E-state index in [2.05, 4.69) is 4.90 Å². The molecule has 0 atom stereocenters. The van der Waals surface area contributed by atoms with Crippen molar-refractivity contribution in [1.29, 1.82) is 0 Å². The number of nitro benzene ring substituents is 1. The topological polar surface area (TPSA) is 75.6 Å². The number of halogens is 1. The van der Waals surface area contributed by atoms with Crippen LogP contribution in [0.2, 0.25) is 5.02 Å². The first-order valence-electron chi connectivity index (χ1n) is 8.20. The summed E-state index contributed by atoms with van der Waals surface area (Å²) in [4.78, 5) is 15.4. The van der Waals surface area contributed by atoms with Gasteiger partial charge in [-0.05, 0) is 36.2 Å². The number of hydrogen-bond donors (Lipinski definition) is 1. The van der Waals surface area contributed by atoms with Crippen molar-refractivity contribution in [3.8, 4) is 0 Å². The number of nitro groups is 1. The highest BCUT2D eigenvalue weighted by Gasteiger charge is 2.24. The molecular formula is C18H21ClN4O2. The molecule has 0 saturated carbocycles. The molecule has 2 N–H and O–H groups in total. The summed E-state index contributed by atoms with van der Waals surface area (Å²) in [6.07, 6.45) is 0. The molecule has 1 saturated heterocycles. The lowest BCUT2D eigenvalue weighted by Gasteiger charge is -2.36. The molecule has 0 aromatic heterocycles. The first-order valence-corrected chi connectivity index (χ1v) is 8.58. The summed E-state index contributed by atoms with van der Waals surface area (Å²) in [5, 5.41) is 12.1. The van der Waals surface area contributed by atoms with E-state index in [-0.39, 0.29) is 10.6 Å². The number of nitrogens with zero attached hydrogens (tertiary/aromatic N) is 3. The minimum absolute atomic E-state index is 0.123. The SMILES string of the molecule is Cc1cc([N+](=O)[O-])c(N2CCN(Cc3ccc(Cl)cc3)CC2)cc1N. The summed E-state index contributed by atoms with van der Waals surface area (Å²) in [7, 11) is 0. The van der Waals surface area contributed by atoms with Gasteiger partial charge in [0.1, 0.15) is 5.69 Å².